The number of hydrogen-bond acceptors (Lipinski definition) is 2. The van der Waals surface area contributed by atoms with Gasteiger partial charge in [0.05, 0.1) is 11.0 Å². The van der Waals surface area contributed by atoms with Crippen LogP contribution in [0, 0.1) is 5.82 Å². The van der Waals surface area contributed by atoms with E-state index >= 15 is 0 Å². The number of fused-ring (bicyclic) bond motifs is 1. The number of benzene rings is 2. The zero-order valence-electron chi connectivity index (χ0n) is 20.9. The lowest BCUT2D eigenvalue weighted by atomic mass is 9.89. The van der Waals surface area contributed by atoms with Crippen LogP contribution < -0.4 is 5.32 Å². The molecule has 7 heteroatoms. The van der Waals surface area contributed by atoms with E-state index in [2.05, 4.69) is 21.0 Å². The van der Waals surface area contributed by atoms with Gasteiger partial charge in [-0.3, -0.25) is 0 Å². The summed E-state index contributed by atoms with van der Waals surface area (Å²) in [7, 11) is 0. The third-order valence-corrected chi connectivity index (χ3v) is 6.41. The van der Waals surface area contributed by atoms with Crippen LogP contribution in [0.15, 0.2) is 48.7 Å². The summed E-state index contributed by atoms with van der Waals surface area (Å²) in [5.41, 5.74) is 3.07. The van der Waals surface area contributed by atoms with Crippen molar-refractivity contribution >= 4 is 28.5 Å². The van der Waals surface area contributed by atoms with E-state index in [0.29, 0.717) is 17.5 Å². The van der Waals surface area contributed by atoms with Crippen LogP contribution in [0.25, 0.3) is 16.6 Å². The molecule has 3 aromatic rings. The summed E-state index contributed by atoms with van der Waals surface area (Å²) in [6, 6.07) is 11.5. The molecule has 2 amide bonds. The van der Waals surface area contributed by atoms with Crippen molar-refractivity contribution in [3.8, 4) is 5.69 Å². The van der Waals surface area contributed by atoms with Crippen molar-refractivity contribution in [3.05, 3.63) is 65.1 Å². The number of halogens is 2. The molecule has 162 valence electrons. The molecule has 0 unspecified atom stereocenters. The molecule has 0 atom stereocenters. The van der Waals surface area contributed by atoms with Crippen LogP contribution in [0.4, 0.5) is 9.18 Å². The molecule has 0 bridgehead atoms. The lowest BCUT2D eigenvalue weighted by molar-refractivity contribution is 0.181. The summed E-state index contributed by atoms with van der Waals surface area (Å²) in [5.74, 6) is 0.0149. The first-order chi connectivity index (χ1) is 16.6. The SMILES string of the molecule is [2H]C1([2H])NC(=O)N(CCN2CCC(c3cn(-c4ccc(F)cc4)c4ccc(Cl)cc34)CC2)C1([2H])[2H]. The van der Waals surface area contributed by atoms with Gasteiger partial charge < -0.3 is 19.7 Å². The van der Waals surface area contributed by atoms with Crippen molar-refractivity contribution in [3.63, 3.8) is 0 Å². The number of amides is 2. The fourth-order valence-corrected chi connectivity index (χ4v) is 4.67. The third-order valence-electron chi connectivity index (χ3n) is 6.17. The zero-order chi connectivity index (χ0) is 25.0. The van der Waals surface area contributed by atoms with Gasteiger partial charge >= 0.3 is 6.03 Å². The maximum atomic E-state index is 13.5. The van der Waals surface area contributed by atoms with Gasteiger partial charge in [-0.2, -0.15) is 0 Å². The first-order valence-electron chi connectivity index (χ1n) is 12.5. The Kier molecular flexibility index (Phi) is 4.43. The van der Waals surface area contributed by atoms with Crippen LogP contribution >= 0.6 is 11.6 Å². The molecule has 2 fully saturated rings. The number of likely N-dealkylation sites (tertiary alicyclic amines) is 1. The Morgan fingerprint density at radius 1 is 1.13 bits per heavy atom. The van der Waals surface area contributed by atoms with Crippen LogP contribution in [0.5, 0.6) is 0 Å². The van der Waals surface area contributed by atoms with E-state index in [1.807, 2.05) is 18.2 Å². The minimum Gasteiger partial charge on any atom is -0.336 e. The zero-order valence-corrected chi connectivity index (χ0v) is 17.7. The van der Waals surface area contributed by atoms with E-state index in [4.69, 9.17) is 17.1 Å². The van der Waals surface area contributed by atoms with E-state index in [1.54, 1.807) is 12.1 Å². The number of nitrogens with zero attached hydrogens (tertiary/aromatic N) is 3. The number of piperidine rings is 1. The number of aromatic nitrogens is 1. The van der Waals surface area contributed by atoms with E-state index < -0.39 is 19.0 Å². The molecule has 0 saturated carbocycles. The van der Waals surface area contributed by atoms with Gasteiger partial charge in [-0.05, 0) is 79.9 Å². The molecular formula is C24H26ClFN4O. The molecule has 5 rings (SSSR count). The van der Waals surface area contributed by atoms with Gasteiger partial charge in [0.25, 0.3) is 0 Å². The third kappa shape index (κ3) is 4.14. The fourth-order valence-electron chi connectivity index (χ4n) is 4.50. The second-order valence-corrected chi connectivity index (χ2v) is 8.46. The number of hydrogen-bond donors (Lipinski definition) is 1. The lowest BCUT2D eigenvalue weighted by Gasteiger charge is -2.32. The molecule has 2 saturated heterocycles. The molecular weight excluding hydrogens is 415 g/mol. The van der Waals surface area contributed by atoms with Crippen molar-refractivity contribution < 1.29 is 14.7 Å². The summed E-state index contributed by atoms with van der Waals surface area (Å²) in [4.78, 5) is 15.2. The van der Waals surface area contributed by atoms with E-state index in [9.17, 15) is 9.18 Å². The highest BCUT2D eigenvalue weighted by atomic mass is 35.5. The Hall–Kier alpha value is -2.57. The van der Waals surface area contributed by atoms with Gasteiger partial charge in [0.2, 0.25) is 0 Å². The minimum atomic E-state index is -2.42. The molecule has 0 aliphatic carbocycles. The summed E-state index contributed by atoms with van der Waals surface area (Å²) in [6.07, 6.45) is 3.88. The average Bonchev–Trinajstić information content (AvgIpc) is 3.24. The standard InChI is InChI=1S/C24H26ClFN4O/c25-18-1-6-23-21(15-18)22(16-30(23)20-4-2-19(26)3-5-20)17-7-10-28(11-8-17)13-14-29-12-9-27-24(29)31/h1-6,15-17H,7-14H2,(H,27,31)/i9D2,12D2. The molecule has 3 heterocycles. The Balaban J connectivity index is 1.30. The first kappa shape index (κ1) is 16.1. The highest BCUT2D eigenvalue weighted by Gasteiger charge is 2.26. The predicted molar refractivity (Wildman–Crippen MR) is 122 cm³/mol. The second-order valence-electron chi connectivity index (χ2n) is 8.03. The highest BCUT2D eigenvalue weighted by molar-refractivity contribution is 6.31. The Morgan fingerprint density at radius 2 is 1.90 bits per heavy atom. The van der Waals surface area contributed by atoms with E-state index in [1.165, 1.54) is 17.7 Å². The Labute approximate surface area is 192 Å². The monoisotopic (exact) mass is 444 g/mol. The Bertz CT molecular complexity index is 1260. The van der Waals surface area contributed by atoms with Gasteiger partial charge in [-0.1, -0.05) is 11.6 Å². The topological polar surface area (TPSA) is 40.5 Å². The molecule has 2 aliphatic heterocycles. The largest absolute Gasteiger partial charge is 0.336 e. The van der Waals surface area contributed by atoms with Crippen molar-refractivity contribution in [2.75, 3.05) is 39.2 Å². The number of carbonyl (C=O) groups is 1. The maximum Gasteiger partial charge on any atom is 0.317 e. The lowest BCUT2D eigenvalue weighted by Crippen LogP contribution is -2.40. The van der Waals surface area contributed by atoms with Crippen molar-refractivity contribution in [2.24, 2.45) is 0 Å². The van der Waals surface area contributed by atoms with Crippen molar-refractivity contribution in [1.82, 2.24) is 19.7 Å². The van der Waals surface area contributed by atoms with Crippen LogP contribution in [-0.4, -0.2) is 59.6 Å². The molecule has 1 aromatic heterocycles. The van der Waals surface area contributed by atoms with Gasteiger partial charge in [-0.15, -0.1) is 0 Å². The van der Waals surface area contributed by atoms with Crippen molar-refractivity contribution in [1.29, 1.82) is 0 Å². The molecule has 0 radical (unpaired) electrons. The van der Waals surface area contributed by atoms with Crippen LogP contribution in [0.2, 0.25) is 5.02 Å². The van der Waals surface area contributed by atoms with Gasteiger partial charge in [0, 0.05) is 48.4 Å². The summed E-state index contributed by atoms with van der Waals surface area (Å²) in [6.45, 7) is -2.68. The van der Waals surface area contributed by atoms with Gasteiger partial charge in [0.1, 0.15) is 5.82 Å². The Morgan fingerprint density at radius 3 is 2.61 bits per heavy atom. The van der Waals surface area contributed by atoms with Crippen molar-refractivity contribution in [2.45, 2.75) is 18.8 Å². The molecule has 0 spiro atoms. The quantitative estimate of drug-likeness (QED) is 0.623. The highest BCUT2D eigenvalue weighted by Crippen LogP contribution is 2.36. The molecule has 1 N–H and O–H groups in total. The normalized spacial score (nSPS) is 23.3. The summed E-state index contributed by atoms with van der Waals surface area (Å²) in [5, 5.41) is 3.82. The summed E-state index contributed by atoms with van der Waals surface area (Å²) >= 11 is 6.33. The average molecular weight is 445 g/mol. The number of nitrogens with one attached hydrogen (secondary N) is 1. The minimum absolute atomic E-state index is 0.114. The summed E-state index contributed by atoms with van der Waals surface area (Å²) < 4.78 is 47.0. The fraction of sp³-hybridized carbons (Fsp3) is 0.375. The van der Waals surface area contributed by atoms with Crippen LogP contribution in [-0.2, 0) is 0 Å². The molecule has 31 heavy (non-hydrogen) atoms. The molecule has 5 nitrogen and oxygen atoms in total. The van der Waals surface area contributed by atoms with E-state index in [-0.39, 0.29) is 12.4 Å². The number of carbonyl (C=O) groups excluding carboxylic acids is 1. The van der Waals surface area contributed by atoms with Gasteiger partial charge in [0.15, 0.2) is 0 Å². The second kappa shape index (κ2) is 8.52. The van der Waals surface area contributed by atoms with E-state index in [0.717, 1.165) is 47.4 Å². The smallest absolute Gasteiger partial charge is 0.317 e. The number of urea groups is 1. The number of rotatable bonds is 5. The maximum absolute atomic E-state index is 13.5. The first-order valence-corrected chi connectivity index (χ1v) is 10.8. The molecule has 2 aromatic carbocycles. The molecule has 2 aliphatic rings. The van der Waals surface area contributed by atoms with Gasteiger partial charge in [-0.25, -0.2) is 9.18 Å². The predicted octanol–water partition coefficient (Wildman–Crippen LogP) is 4.63. The van der Waals surface area contributed by atoms with Crippen LogP contribution in [0.1, 0.15) is 29.8 Å². The van der Waals surface area contributed by atoms with Crippen LogP contribution in [0.3, 0.4) is 0 Å².